The van der Waals surface area contributed by atoms with Crippen molar-refractivity contribution in [3.05, 3.63) is 36.5 Å². The van der Waals surface area contributed by atoms with Crippen LogP contribution in [0.4, 0.5) is 0 Å². The molecule has 1 amide bonds. The van der Waals surface area contributed by atoms with E-state index in [-0.39, 0.29) is 18.9 Å². The Morgan fingerprint density at radius 3 is 1.36 bits per heavy atom. The fourth-order valence-corrected chi connectivity index (χ4v) is 9.56. The van der Waals surface area contributed by atoms with Crippen molar-refractivity contribution < 1.29 is 64.6 Å². The first-order valence-electron chi connectivity index (χ1n) is 29.2. The van der Waals surface area contributed by atoms with Crippen LogP contribution in [0.2, 0.25) is 0 Å². The molecule has 0 saturated carbocycles. The fourth-order valence-electron chi connectivity index (χ4n) is 9.56. The summed E-state index contributed by atoms with van der Waals surface area (Å²) in [6.45, 7) is 2.75. The third-order valence-electron chi connectivity index (χ3n) is 14.3. The van der Waals surface area contributed by atoms with E-state index in [1.807, 2.05) is 6.08 Å². The first-order valence-corrected chi connectivity index (χ1v) is 29.2. The molecule has 12 atom stereocenters. The second-order valence-electron chi connectivity index (χ2n) is 20.8. The summed E-state index contributed by atoms with van der Waals surface area (Å²) in [7, 11) is 0. The number of carbonyl (C=O) groups is 1. The van der Waals surface area contributed by atoms with Crippen molar-refractivity contribution >= 4 is 5.91 Å². The fraction of sp³-hybridized carbons (Fsp3) is 0.879. The zero-order valence-electron chi connectivity index (χ0n) is 45.2. The Morgan fingerprint density at radius 1 is 0.486 bits per heavy atom. The largest absolute Gasteiger partial charge is 0.394 e. The van der Waals surface area contributed by atoms with Crippen LogP contribution < -0.4 is 5.32 Å². The maximum atomic E-state index is 13.2. The molecule has 422 valence electrons. The normalized spacial score (nSPS) is 25.8. The molecule has 0 bridgehead atoms. The van der Waals surface area contributed by atoms with Gasteiger partial charge >= 0.3 is 0 Å². The molecule has 0 aromatic rings. The highest BCUT2D eigenvalue weighted by atomic mass is 16.7. The van der Waals surface area contributed by atoms with Crippen molar-refractivity contribution in [2.45, 2.75) is 306 Å². The maximum Gasteiger partial charge on any atom is 0.220 e. The molecule has 72 heavy (non-hydrogen) atoms. The lowest BCUT2D eigenvalue weighted by atomic mass is 9.97. The van der Waals surface area contributed by atoms with E-state index in [0.717, 1.165) is 44.9 Å². The van der Waals surface area contributed by atoms with Gasteiger partial charge in [0.2, 0.25) is 5.91 Å². The topological polar surface area (TPSA) is 228 Å². The predicted octanol–water partition coefficient (Wildman–Crippen LogP) is 9.44. The number of nitrogens with one attached hydrogen (secondary N) is 1. The van der Waals surface area contributed by atoms with Crippen LogP contribution in [0.25, 0.3) is 0 Å². The molecular weight excluding hydrogens is 919 g/mol. The van der Waals surface area contributed by atoms with Gasteiger partial charge in [0.15, 0.2) is 12.6 Å². The Bertz CT molecular complexity index is 1350. The van der Waals surface area contributed by atoms with Crippen molar-refractivity contribution in [2.24, 2.45) is 0 Å². The lowest BCUT2D eigenvalue weighted by molar-refractivity contribution is -0.359. The van der Waals surface area contributed by atoms with Crippen molar-refractivity contribution in [1.29, 1.82) is 0 Å². The number of allylic oxidation sites excluding steroid dienone is 5. The number of ether oxygens (including phenoxy) is 4. The van der Waals surface area contributed by atoms with E-state index in [9.17, 15) is 45.6 Å². The first-order chi connectivity index (χ1) is 35.1. The van der Waals surface area contributed by atoms with Crippen molar-refractivity contribution in [3.63, 3.8) is 0 Å². The highest BCUT2D eigenvalue weighted by Gasteiger charge is 2.51. The second-order valence-corrected chi connectivity index (χ2v) is 20.8. The molecule has 0 spiro atoms. The van der Waals surface area contributed by atoms with Gasteiger partial charge in [-0.1, -0.05) is 217 Å². The van der Waals surface area contributed by atoms with Crippen LogP contribution >= 0.6 is 0 Å². The van der Waals surface area contributed by atoms with Gasteiger partial charge in [-0.3, -0.25) is 4.79 Å². The van der Waals surface area contributed by atoms with Gasteiger partial charge in [-0.2, -0.15) is 0 Å². The summed E-state index contributed by atoms with van der Waals surface area (Å²) in [6, 6.07) is -0.934. The molecule has 2 aliphatic rings. The Balaban J connectivity index is 1.73. The van der Waals surface area contributed by atoms with Crippen molar-refractivity contribution in [1.82, 2.24) is 5.32 Å². The van der Waals surface area contributed by atoms with Gasteiger partial charge in [-0.15, -0.1) is 0 Å². The van der Waals surface area contributed by atoms with Crippen LogP contribution in [0, 0.1) is 0 Å². The summed E-state index contributed by atoms with van der Waals surface area (Å²) < 4.78 is 22.7. The van der Waals surface area contributed by atoms with E-state index in [1.165, 1.54) is 154 Å². The molecule has 0 aromatic heterocycles. The third-order valence-corrected chi connectivity index (χ3v) is 14.3. The van der Waals surface area contributed by atoms with Gasteiger partial charge < -0.3 is 65.1 Å². The summed E-state index contributed by atoms with van der Waals surface area (Å²) in [6.07, 6.45) is 36.3. The lowest BCUT2D eigenvalue weighted by Crippen LogP contribution is -2.65. The number of carbonyl (C=O) groups excluding carboxylic acids is 1. The van der Waals surface area contributed by atoms with E-state index >= 15 is 0 Å². The first kappa shape index (κ1) is 66.3. The van der Waals surface area contributed by atoms with Gasteiger partial charge in [0.05, 0.1) is 32.0 Å². The molecule has 14 nitrogen and oxygen atoms in total. The Hall–Kier alpha value is -1.79. The zero-order valence-corrected chi connectivity index (χ0v) is 45.2. The molecule has 2 saturated heterocycles. The van der Waals surface area contributed by atoms with Gasteiger partial charge in [0, 0.05) is 6.42 Å². The summed E-state index contributed by atoms with van der Waals surface area (Å²) in [5, 5.41) is 86.9. The summed E-state index contributed by atoms with van der Waals surface area (Å²) in [4.78, 5) is 13.2. The molecule has 2 heterocycles. The molecule has 12 unspecified atom stereocenters. The number of hydrogen-bond donors (Lipinski definition) is 9. The molecule has 0 radical (unpaired) electrons. The summed E-state index contributed by atoms with van der Waals surface area (Å²) in [5.41, 5.74) is 0. The van der Waals surface area contributed by atoms with Crippen LogP contribution in [0.5, 0.6) is 0 Å². The molecule has 2 rings (SSSR count). The predicted molar refractivity (Wildman–Crippen MR) is 286 cm³/mol. The van der Waals surface area contributed by atoms with Crippen LogP contribution in [-0.4, -0.2) is 140 Å². The SMILES string of the molecule is CCCCC/C=C/CC/C=C/CC/C=C/C(O)C(COC1OC(CO)C(OC2OC(CO)C(O)C(O)C2O)C(O)C1O)NC(=O)CCCCCCCCCCCCCCCCCCCCCCCCCCC. The lowest BCUT2D eigenvalue weighted by Gasteiger charge is -2.46. The minimum Gasteiger partial charge on any atom is -0.394 e. The molecule has 2 fully saturated rings. The van der Waals surface area contributed by atoms with E-state index < -0.39 is 86.8 Å². The highest BCUT2D eigenvalue weighted by Crippen LogP contribution is 2.30. The van der Waals surface area contributed by atoms with Crippen molar-refractivity contribution in [2.75, 3.05) is 19.8 Å². The summed E-state index contributed by atoms with van der Waals surface area (Å²) >= 11 is 0. The highest BCUT2D eigenvalue weighted by molar-refractivity contribution is 5.76. The average molecular weight is 1030 g/mol. The van der Waals surface area contributed by atoms with Gasteiger partial charge in [0.1, 0.15) is 48.8 Å². The Labute approximate surface area is 436 Å². The number of hydrogen-bond acceptors (Lipinski definition) is 13. The monoisotopic (exact) mass is 1030 g/mol. The van der Waals surface area contributed by atoms with Crippen LogP contribution in [-0.2, 0) is 23.7 Å². The smallest absolute Gasteiger partial charge is 0.220 e. The van der Waals surface area contributed by atoms with Crippen molar-refractivity contribution in [3.8, 4) is 0 Å². The van der Waals surface area contributed by atoms with Gasteiger partial charge in [0.25, 0.3) is 0 Å². The minimum atomic E-state index is -1.79. The van der Waals surface area contributed by atoms with E-state index in [2.05, 4.69) is 43.5 Å². The third kappa shape index (κ3) is 30.1. The maximum absolute atomic E-state index is 13.2. The zero-order chi connectivity index (χ0) is 52.4. The molecule has 2 aliphatic heterocycles. The van der Waals surface area contributed by atoms with E-state index in [0.29, 0.717) is 12.8 Å². The average Bonchev–Trinajstić information content (AvgIpc) is 3.38. The van der Waals surface area contributed by atoms with Crippen LogP contribution in [0.1, 0.15) is 232 Å². The second kappa shape index (κ2) is 44.3. The molecule has 14 heteroatoms. The van der Waals surface area contributed by atoms with Gasteiger partial charge in [-0.05, 0) is 44.9 Å². The number of unbranched alkanes of at least 4 members (excludes halogenated alkanes) is 29. The number of rotatable bonds is 46. The number of amides is 1. The van der Waals surface area contributed by atoms with E-state index in [1.54, 1.807) is 6.08 Å². The Morgan fingerprint density at radius 2 is 0.889 bits per heavy atom. The Kier molecular flexibility index (Phi) is 40.9. The molecular formula is C58H107NO13. The molecule has 9 N–H and O–H groups in total. The molecule has 0 aromatic carbocycles. The minimum absolute atomic E-state index is 0.251. The van der Waals surface area contributed by atoms with E-state index in [4.69, 9.17) is 18.9 Å². The quantitative estimate of drug-likeness (QED) is 0.0205. The number of aliphatic hydroxyl groups is 8. The summed E-state index contributed by atoms with van der Waals surface area (Å²) in [5.74, 6) is -0.251. The van der Waals surface area contributed by atoms with Crippen LogP contribution in [0.15, 0.2) is 36.5 Å². The molecule has 0 aliphatic carbocycles. The van der Waals surface area contributed by atoms with Gasteiger partial charge in [-0.25, -0.2) is 0 Å². The van der Waals surface area contributed by atoms with Crippen LogP contribution in [0.3, 0.4) is 0 Å². The standard InChI is InChI=1S/C58H107NO13/c1-3-5-7-9-11-13-15-17-18-19-20-21-22-23-24-25-26-27-28-30-32-34-36-38-40-42-50(63)59-46(47(62)41-39-37-35-33-31-29-16-14-12-10-8-6-4-2)45-69-57-55(68)53(66)56(49(44-61)71-57)72-58-54(67)52(65)51(64)48(43-60)70-58/h12,14,31,33,39,41,46-49,51-58,60-62,64-68H,3-11,13,15-30,32,34-38,40,42-45H2,1-2H3,(H,59,63)/b14-12+,33-31+,41-39+. The number of aliphatic hydroxyl groups excluding tert-OH is 8.